The predicted octanol–water partition coefficient (Wildman–Crippen LogP) is 1.11. The Balaban J connectivity index is 3.33. The van der Waals surface area contributed by atoms with Gasteiger partial charge < -0.3 is 4.79 Å². The molecule has 0 radical (unpaired) electrons. The third-order valence-electron chi connectivity index (χ3n) is 1.14. The smallest absolute Gasteiger partial charge is 0.127 e. The number of Topliss-reactive ketones (excluding diaryl/α,β-unsaturated/α-hetero) is 1. The molecule has 0 amide bonds. The molecular formula is C6H13BO. The van der Waals surface area contributed by atoms with Crippen molar-refractivity contribution in [3.63, 3.8) is 0 Å². The average Bonchev–Trinajstić information content (AvgIpc) is 1.67. The maximum atomic E-state index is 10.7. The number of rotatable bonds is 3. The molecule has 0 N–H and O–H groups in total. The molecule has 0 aromatic rings. The zero-order valence-corrected chi connectivity index (χ0v) is 5.90. The largest absolute Gasteiger partial charge is 0.300 e. The van der Waals surface area contributed by atoms with Gasteiger partial charge in [0.2, 0.25) is 0 Å². The number of ketones is 1. The summed E-state index contributed by atoms with van der Waals surface area (Å²) in [6, 6.07) is 0. The minimum absolute atomic E-state index is 0.231. The lowest BCUT2D eigenvalue weighted by atomic mass is 9.74. The molecule has 0 aromatic carbocycles. The van der Waals surface area contributed by atoms with Crippen LogP contribution in [0, 0.1) is 5.92 Å². The van der Waals surface area contributed by atoms with Crippen molar-refractivity contribution in [1.29, 1.82) is 0 Å². The van der Waals surface area contributed by atoms with Gasteiger partial charge in [0.15, 0.2) is 0 Å². The number of hydrogen-bond donors (Lipinski definition) is 0. The molecule has 0 heterocycles. The van der Waals surface area contributed by atoms with Crippen molar-refractivity contribution in [3.8, 4) is 0 Å². The molecule has 0 rings (SSSR count). The van der Waals surface area contributed by atoms with Gasteiger partial charge in [0, 0.05) is 5.92 Å². The molecule has 2 heteroatoms. The SMILES string of the molecule is CBCC(=O)C(C)C. The van der Waals surface area contributed by atoms with Gasteiger partial charge in [-0.2, -0.15) is 0 Å². The van der Waals surface area contributed by atoms with E-state index in [4.69, 9.17) is 0 Å². The monoisotopic (exact) mass is 112 g/mol. The van der Waals surface area contributed by atoms with E-state index in [1.54, 1.807) is 0 Å². The van der Waals surface area contributed by atoms with Gasteiger partial charge >= 0.3 is 0 Å². The molecule has 0 aliphatic heterocycles. The average molecular weight is 112 g/mol. The van der Waals surface area contributed by atoms with Gasteiger partial charge in [-0.3, -0.25) is 0 Å². The molecule has 0 saturated heterocycles. The number of carbonyl (C=O) groups excluding carboxylic acids is 1. The van der Waals surface area contributed by atoms with E-state index in [0.717, 1.165) is 13.6 Å². The highest BCUT2D eigenvalue weighted by atomic mass is 16.1. The van der Waals surface area contributed by atoms with Crippen LogP contribution < -0.4 is 0 Å². The fraction of sp³-hybridized carbons (Fsp3) is 0.833. The number of carbonyl (C=O) groups is 1. The Kier molecular flexibility index (Phi) is 3.58. The Morgan fingerprint density at radius 3 is 2.25 bits per heavy atom. The fourth-order valence-corrected chi connectivity index (χ4v) is 0.535. The third-order valence-corrected chi connectivity index (χ3v) is 1.14. The lowest BCUT2D eigenvalue weighted by Crippen LogP contribution is -2.07. The van der Waals surface area contributed by atoms with Crippen molar-refractivity contribution in [2.75, 3.05) is 0 Å². The van der Waals surface area contributed by atoms with Crippen LogP contribution in [0.3, 0.4) is 0 Å². The minimum Gasteiger partial charge on any atom is -0.300 e. The highest BCUT2D eigenvalue weighted by Gasteiger charge is 2.03. The summed E-state index contributed by atoms with van der Waals surface area (Å²) in [6.07, 6.45) is 0.748. The summed E-state index contributed by atoms with van der Waals surface area (Å²) in [5.41, 5.74) is 0. The first kappa shape index (κ1) is 7.73. The van der Waals surface area contributed by atoms with Crippen LogP contribution in [-0.2, 0) is 4.79 Å². The maximum absolute atomic E-state index is 10.7. The van der Waals surface area contributed by atoms with E-state index >= 15 is 0 Å². The van der Waals surface area contributed by atoms with E-state index in [9.17, 15) is 4.79 Å². The molecule has 0 aromatic heterocycles. The molecule has 0 unspecified atom stereocenters. The second-order valence-corrected chi connectivity index (χ2v) is 2.37. The van der Waals surface area contributed by atoms with Crippen LogP contribution in [0.4, 0.5) is 0 Å². The predicted molar refractivity (Wildman–Crippen MR) is 37.7 cm³/mol. The molecule has 0 aliphatic rings. The van der Waals surface area contributed by atoms with Crippen LogP contribution in [0.1, 0.15) is 13.8 Å². The second kappa shape index (κ2) is 3.70. The van der Waals surface area contributed by atoms with Gasteiger partial charge in [-0.1, -0.05) is 20.7 Å². The lowest BCUT2D eigenvalue weighted by Gasteiger charge is -1.98. The molecule has 0 atom stereocenters. The molecular weight excluding hydrogens is 98.9 g/mol. The van der Waals surface area contributed by atoms with Crippen LogP contribution in [0.25, 0.3) is 0 Å². The van der Waals surface area contributed by atoms with E-state index < -0.39 is 0 Å². The Labute approximate surface area is 51.7 Å². The Bertz CT molecular complexity index is 78.6. The van der Waals surface area contributed by atoms with Crippen molar-refractivity contribution in [1.82, 2.24) is 0 Å². The van der Waals surface area contributed by atoms with E-state index in [1.807, 2.05) is 20.7 Å². The van der Waals surface area contributed by atoms with Gasteiger partial charge in [-0.25, -0.2) is 0 Å². The molecule has 46 valence electrons. The van der Waals surface area contributed by atoms with E-state index in [0.29, 0.717) is 5.78 Å². The van der Waals surface area contributed by atoms with Crippen molar-refractivity contribution >= 4 is 13.1 Å². The number of hydrogen-bond acceptors (Lipinski definition) is 1. The molecule has 0 spiro atoms. The zero-order chi connectivity index (χ0) is 6.57. The molecule has 0 saturated carbocycles. The summed E-state index contributed by atoms with van der Waals surface area (Å²) < 4.78 is 0. The topological polar surface area (TPSA) is 17.1 Å². The second-order valence-electron chi connectivity index (χ2n) is 2.37. The van der Waals surface area contributed by atoms with Gasteiger partial charge in [-0.15, -0.1) is 0 Å². The Morgan fingerprint density at radius 2 is 2.12 bits per heavy atom. The molecule has 1 nitrogen and oxygen atoms in total. The molecule has 0 aliphatic carbocycles. The fourth-order valence-electron chi connectivity index (χ4n) is 0.535. The Morgan fingerprint density at radius 1 is 1.62 bits per heavy atom. The summed E-state index contributed by atoms with van der Waals surface area (Å²) in [7, 11) is 0.983. The summed E-state index contributed by atoms with van der Waals surface area (Å²) >= 11 is 0. The first-order valence-corrected chi connectivity index (χ1v) is 3.21. The van der Waals surface area contributed by atoms with Gasteiger partial charge in [0.25, 0.3) is 0 Å². The van der Waals surface area contributed by atoms with Crippen molar-refractivity contribution in [2.45, 2.75) is 27.0 Å². The van der Waals surface area contributed by atoms with Gasteiger partial charge in [0.05, 0.1) is 0 Å². The molecule has 0 fully saturated rings. The highest BCUT2D eigenvalue weighted by molar-refractivity contribution is 6.39. The van der Waals surface area contributed by atoms with Crippen molar-refractivity contribution in [3.05, 3.63) is 0 Å². The standard InChI is InChI=1S/C6H13BO/c1-5(2)6(8)4-7-3/h5,7H,4H2,1-3H3. The summed E-state index contributed by atoms with van der Waals surface area (Å²) in [4.78, 5) is 10.7. The zero-order valence-electron chi connectivity index (χ0n) is 5.90. The Hall–Kier alpha value is -0.265. The highest BCUT2D eigenvalue weighted by Crippen LogP contribution is 1.97. The van der Waals surface area contributed by atoms with Crippen LogP contribution in [0.2, 0.25) is 13.1 Å². The van der Waals surface area contributed by atoms with Crippen LogP contribution >= 0.6 is 0 Å². The van der Waals surface area contributed by atoms with Crippen LogP contribution in [-0.4, -0.2) is 13.1 Å². The van der Waals surface area contributed by atoms with Crippen molar-refractivity contribution in [2.24, 2.45) is 5.92 Å². The normalized spacial score (nSPS) is 9.50. The van der Waals surface area contributed by atoms with Crippen LogP contribution in [0.5, 0.6) is 0 Å². The van der Waals surface area contributed by atoms with Crippen molar-refractivity contribution < 1.29 is 4.79 Å². The molecule has 8 heavy (non-hydrogen) atoms. The van der Waals surface area contributed by atoms with E-state index in [-0.39, 0.29) is 5.92 Å². The lowest BCUT2D eigenvalue weighted by molar-refractivity contribution is -0.119. The van der Waals surface area contributed by atoms with E-state index in [2.05, 4.69) is 0 Å². The van der Waals surface area contributed by atoms with Gasteiger partial charge in [0.1, 0.15) is 13.1 Å². The van der Waals surface area contributed by atoms with E-state index in [1.165, 1.54) is 0 Å². The summed E-state index contributed by atoms with van der Waals surface area (Å²) in [6.45, 7) is 5.91. The summed E-state index contributed by atoms with van der Waals surface area (Å²) in [5.74, 6) is 0.613. The summed E-state index contributed by atoms with van der Waals surface area (Å²) in [5, 5.41) is 0. The maximum Gasteiger partial charge on any atom is 0.127 e. The van der Waals surface area contributed by atoms with Gasteiger partial charge in [-0.05, 0) is 6.32 Å². The third kappa shape index (κ3) is 2.83. The first-order valence-electron chi connectivity index (χ1n) is 3.21. The minimum atomic E-state index is 0.231. The molecule has 0 bridgehead atoms. The van der Waals surface area contributed by atoms with Crippen LogP contribution in [0.15, 0.2) is 0 Å². The quantitative estimate of drug-likeness (QED) is 0.500. The first-order chi connectivity index (χ1) is 3.68.